The SMILES string of the molecule is CCN1CCC(C(C)N2CCC(C(C)C)CC2)CC1. The van der Waals surface area contributed by atoms with Crippen LogP contribution in [0.2, 0.25) is 0 Å². The molecule has 2 heteroatoms. The summed E-state index contributed by atoms with van der Waals surface area (Å²) >= 11 is 0. The van der Waals surface area contributed by atoms with E-state index in [0.717, 1.165) is 23.8 Å². The number of rotatable bonds is 4. The summed E-state index contributed by atoms with van der Waals surface area (Å²) in [5, 5.41) is 0. The van der Waals surface area contributed by atoms with Gasteiger partial charge in [0.2, 0.25) is 0 Å². The van der Waals surface area contributed by atoms with E-state index in [-0.39, 0.29) is 0 Å². The van der Waals surface area contributed by atoms with Gasteiger partial charge in [-0.15, -0.1) is 0 Å². The maximum absolute atomic E-state index is 2.78. The third kappa shape index (κ3) is 3.95. The highest BCUT2D eigenvalue weighted by molar-refractivity contribution is 4.84. The van der Waals surface area contributed by atoms with Crippen molar-refractivity contribution in [3.63, 3.8) is 0 Å². The van der Waals surface area contributed by atoms with Gasteiger partial charge in [-0.2, -0.15) is 0 Å². The molecule has 2 rings (SSSR count). The van der Waals surface area contributed by atoms with Gasteiger partial charge in [-0.05, 0) is 83.1 Å². The highest BCUT2D eigenvalue weighted by atomic mass is 15.2. The molecule has 1 unspecified atom stereocenters. The molecule has 0 amide bonds. The van der Waals surface area contributed by atoms with Gasteiger partial charge in [0.1, 0.15) is 0 Å². The van der Waals surface area contributed by atoms with E-state index in [9.17, 15) is 0 Å². The summed E-state index contributed by atoms with van der Waals surface area (Å²) in [6.07, 6.45) is 5.68. The van der Waals surface area contributed by atoms with Gasteiger partial charge < -0.3 is 9.80 Å². The van der Waals surface area contributed by atoms with Crippen LogP contribution in [0.3, 0.4) is 0 Å². The summed E-state index contributed by atoms with van der Waals surface area (Å²) in [6.45, 7) is 16.1. The summed E-state index contributed by atoms with van der Waals surface area (Å²) in [7, 11) is 0. The van der Waals surface area contributed by atoms with Crippen LogP contribution in [-0.4, -0.2) is 48.6 Å². The summed E-state index contributed by atoms with van der Waals surface area (Å²) in [5.74, 6) is 2.80. The van der Waals surface area contributed by atoms with E-state index in [1.165, 1.54) is 58.4 Å². The van der Waals surface area contributed by atoms with Gasteiger partial charge >= 0.3 is 0 Å². The van der Waals surface area contributed by atoms with Crippen molar-refractivity contribution in [1.82, 2.24) is 9.80 Å². The minimum atomic E-state index is 0.812. The largest absolute Gasteiger partial charge is 0.304 e. The molecule has 1 atom stereocenters. The van der Waals surface area contributed by atoms with Gasteiger partial charge in [-0.3, -0.25) is 0 Å². The number of hydrogen-bond acceptors (Lipinski definition) is 2. The zero-order chi connectivity index (χ0) is 13.8. The first-order valence-electron chi connectivity index (χ1n) is 8.58. The second kappa shape index (κ2) is 7.08. The lowest BCUT2D eigenvalue weighted by Crippen LogP contribution is -2.47. The Labute approximate surface area is 120 Å². The monoisotopic (exact) mass is 266 g/mol. The molecule has 2 fully saturated rings. The lowest BCUT2D eigenvalue weighted by molar-refractivity contribution is 0.0636. The fourth-order valence-corrected chi connectivity index (χ4v) is 4.04. The Bertz CT molecular complexity index is 248. The fourth-order valence-electron chi connectivity index (χ4n) is 4.04. The molecular weight excluding hydrogens is 232 g/mol. The number of nitrogens with zero attached hydrogens (tertiary/aromatic N) is 2. The number of likely N-dealkylation sites (tertiary alicyclic amines) is 2. The van der Waals surface area contributed by atoms with E-state index < -0.39 is 0 Å². The number of piperidine rings is 2. The van der Waals surface area contributed by atoms with Crippen LogP contribution in [0.15, 0.2) is 0 Å². The topological polar surface area (TPSA) is 6.48 Å². The first kappa shape index (κ1) is 15.3. The van der Waals surface area contributed by atoms with Gasteiger partial charge in [0, 0.05) is 6.04 Å². The number of hydrogen-bond donors (Lipinski definition) is 0. The average Bonchev–Trinajstić information content (AvgIpc) is 2.46. The Balaban J connectivity index is 1.77. The van der Waals surface area contributed by atoms with Crippen molar-refractivity contribution in [2.75, 3.05) is 32.7 Å². The van der Waals surface area contributed by atoms with Crippen LogP contribution in [-0.2, 0) is 0 Å². The van der Waals surface area contributed by atoms with Crippen molar-refractivity contribution in [1.29, 1.82) is 0 Å². The molecule has 0 aromatic heterocycles. The Morgan fingerprint density at radius 1 is 0.842 bits per heavy atom. The second-order valence-corrected chi connectivity index (χ2v) is 7.13. The molecular formula is C17H34N2. The standard InChI is InChI=1S/C17H34N2/c1-5-18-10-6-17(7-11-18)15(4)19-12-8-16(9-13-19)14(2)3/h14-17H,5-13H2,1-4H3. The van der Waals surface area contributed by atoms with Crippen LogP contribution in [0.5, 0.6) is 0 Å². The molecule has 2 heterocycles. The summed E-state index contributed by atoms with van der Waals surface area (Å²) in [6, 6.07) is 0.812. The molecule has 0 aromatic rings. The molecule has 112 valence electrons. The smallest absolute Gasteiger partial charge is 0.00961 e. The zero-order valence-corrected chi connectivity index (χ0v) is 13.6. The molecule has 2 aliphatic rings. The molecule has 0 spiro atoms. The van der Waals surface area contributed by atoms with Crippen molar-refractivity contribution >= 4 is 0 Å². The molecule has 19 heavy (non-hydrogen) atoms. The first-order valence-corrected chi connectivity index (χ1v) is 8.58. The van der Waals surface area contributed by atoms with E-state index in [1.807, 2.05) is 0 Å². The normalized spacial score (nSPS) is 27.0. The van der Waals surface area contributed by atoms with Crippen molar-refractivity contribution in [2.45, 2.75) is 59.4 Å². The second-order valence-electron chi connectivity index (χ2n) is 7.13. The van der Waals surface area contributed by atoms with Crippen molar-refractivity contribution in [3.8, 4) is 0 Å². The van der Waals surface area contributed by atoms with Crippen LogP contribution < -0.4 is 0 Å². The van der Waals surface area contributed by atoms with E-state index in [4.69, 9.17) is 0 Å². The van der Waals surface area contributed by atoms with E-state index >= 15 is 0 Å². The van der Waals surface area contributed by atoms with E-state index in [2.05, 4.69) is 37.5 Å². The molecule has 0 saturated carbocycles. The molecule has 0 bridgehead atoms. The van der Waals surface area contributed by atoms with Gasteiger partial charge in [0.05, 0.1) is 0 Å². The minimum absolute atomic E-state index is 0.812. The Morgan fingerprint density at radius 3 is 1.84 bits per heavy atom. The van der Waals surface area contributed by atoms with Gasteiger partial charge in [-0.25, -0.2) is 0 Å². The molecule has 0 aromatic carbocycles. The van der Waals surface area contributed by atoms with Crippen LogP contribution >= 0.6 is 0 Å². The lowest BCUT2D eigenvalue weighted by Gasteiger charge is -2.43. The van der Waals surface area contributed by atoms with E-state index in [0.29, 0.717) is 0 Å². The highest BCUT2D eigenvalue weighted by Crippen LogP contribution is 2.29. The maximum Gasteiger partial charge on any atom is 0.00961 e. The van der Waals surface area contributed by atoms with Gasteiger partial charge in [0.25, 0.3) is 0 Å². The zero-order valence-electron chi connectivity index (χ0n) is 13.6. The lowest BCUT2D eigenvalue weighted by atomic mass is 9.84. The van der Waals surface area contributed by atoms with Crippen LogP contribution in [0, 0.1) is 17.8 Å². The van der Waals surface area contributed by atoms with Crippen molar-refractivity contribution < 1.29 is 0 Å². The van der Waals surface area contributed by atoms with Crippen LogP contribution in [0.1, 0.15) is 53.4 Å². The molecule has 0 N–H and O–H groups in total. The molecule has 2 nitrogen and oxygen atoms in total. The third-order valence-corrected chi connectivity index (χ3v) is 5.85. The summed E-state index contributed by atoms with van der Waals surface area (Å²) in [5.41, 5.74) is 0. The molecule has 0 aliphatic carbocycles. The van der Waals surface area contributed by atoms with Crippen LogP contribution in [0.4, 0.5) is 0 Å². The van der Waals surface area contributed by atoms with E-state index in [1.54, 1.807) is 0 Å². The van der Waals surface area contributed by atoms with Crippen molar-refractivity contribution in [3.05, 3.63) is 0 Å². The van der Waals surface area contributed by atoms with Gasteiger partial charge in [0.15, 0.2) is 0 Å². The molecule has 2 saturated heterocycles. The highest BCUT2D eigenvalue weighted by Gasteiger charge is 2.30. The van der Waals surface area contributed by atoms with Crippen molar-refractivity contribution in [2.24, 2.45) is 17.8 Å². The minimum Gasteiger partial charge on any atom is -0.304 e. The summed E-state index contributed by atoms with van der Waals surface area (Å²) in [4.78, 5) is 5.39. The predicted octanol–water partition coefficient (Wildman–Crippen LogP) is 3.47. The van der Waals surface area contributed by atoms with Crippen LogP contribution in [0.25, 0.3) is 0 Å². The predicted molar refractivity (Wildman–Crippen MR) is 83.4 cm³/mol. The quantitative estimate of drug-likeness (QED) is 0.769. The fraction of sp³-hybridized carbons (Fsp3) is 1.00. The summed E-state index contributed by atoms with van der Waals surface area (Å²) < 4.78 is 0. The first-order chi connectivity index (χ1) is 9.11. The van der Waals surface area contributed by atoms with Gasteiger partial charge in [-0.1, -0.05) is 20.8 Å². The molecule has 2 aliphatic heterocycles. The third-order valence-electron chi connectivity index (χ3n) is 5.85. The Kier molecular flexibility index (Phi) is 5.70. The Morgan fingerprint density at radius 2 is 1.37 bits per heavy atom. The average molecular weight is 266 g/mol. The maximum atomic E-state index is 2.78. The Hall–Kier alpha value is -0.0800. The molecule has 0 radical (unpaired) electrons.